The van der Waals surface area contributed by atoms with E-state index in [1.54, 1.807) is 0 Å². The molecular formula is C25H31N3O5. The molecule has 0 unspecified atom stereocenters. The number of ether oxygens (including phenoxy) is 2. The summed E-state index contributed by atoms with van der Waals surface area (Å²) >= 11 is 0. The van der Waals surface area contributed by atoms with Crippen LogP contribution in [0.3, 0.4) is 0 Å². The van der Waals surface area contributed by atoms with Gasteiger partial charge in [-0.1, -0.05) is 5.16 Å². The first-order valence-electron chi connectivity index (χ1n) is 11.9. The van der Waals surface area contributed by atoms with Crippen LogP contribution in [0.5, 0.6) is 5.75 Å². The number of likely N-dealkylation sites (tertiary alicyclic amines) is 1. The maximum atomic E-state index is 12.2. The Kier molecular flexibility index (Phi) is 5.86. The summed E-state index contributed by atoms with van der Waals surface area (Å²) in [6, 6.07) is 5.74. The normalized spacial score (nSPS) is 20.1. The predicted octanol–water partition coefficient (Wildman–Crippen LogP) is 3.86. The van der Waals surface area contributed by atoms with Crippen LogP contribution in [0.2, 0.25) is 0 Å². The van der Waals surface area contributed by atoms with E-state index in [2.05, 4.69) is 15.4 Å². The topological polar surface area (TPSA) is 93.9 Å². The van der Waals surface area contributed by atoms with Gasteiger partial charge in [0.15, 0.2) is 0 Å². The second-order valence-corrected chi connectivity index (χ2v) is 9.52. The van der Waals surface area contributed by atoms with Gasteiger partial charge >= 0.3 is 5.97 Å². The average molecular weight is 454 g/mol. The molecule has 8 nitrogen and oxygen atoms in total. The Bertz CT molecular complexity index is 1030. The van der Waals surface area contributed by atoms with Crippen LogP contribution < -0.4 is 10.1 Å². The van der Waals surface area contributed by atoms with Crippen LogP contribution in [0.25, 0.3) is 11.1 Å². The number of hydrogen-bond acceptors (Lipinski definition) is 7. The number of hydrogen-bond donors (Lipinski definition) is 1. The molecule has 176 valence electrons. The Morgan fingerprint density at radius 2 is 2.03 bits per heavy atom. The second kappa shape index (κ2) is 8.82. The summed E-state index contributed by atoms with van der Waals surface area (Å²) in [6.07, 6.45) is 5.09. The second-order valence-electron chi connectivity index (χ2n) is 9.52. The third-order valence-electron chi connectivity index (χ3n) is 7.05. The Morgan fingerprint density at radius 1 is 1.24 bits per heavy atom. The molecule has 2 aromatic rings. The maximum Gasteiger partial charge on any atom is 0.306 e. The third-order valence-corrected chi connectivity index (χ3v) is 7.05. The van der Waals surface area contributed by atoms with Gasteiger partial charge in [0.25, 0.3) is 0 Å². The molecule has 1 aromatic carbocycles. The monoisotopic (exact) mass is 453 g/mol. The zero-order valence-corrected chi connectivity index (χ0v) is 19.3. The molecule has 0 bridgehead atoms. The van der Waals surface area contributed by atoms with Crippen molar-refractivity contribution in [3.05, 3.63) is 29.7 Å². The number of benzene rings is 1. The van der Waals surface area contributed by atoms with Gasteiger partial charge in [0.1, 0.15) is 23.7 Å². The van der Waals surface area contributed by atoms with Crippen LogP contribution in [0.1, 0.15) is 50.0 Å². The van der Waals surface area contributed by atoms with Crippen LogP contribution in [0.15, 0.2) is 22.7 Å². The van der Waals surface area contributed by atoms with E-state index in [9.17, 15) is 9.59 Å². The van der Waals surface area contributed by atoms with Crippen molar-refractivity contribution >= 4 is 17.6 Å². The lowest BCUT2D eigenvalue weighted by Crippen LogP contribution is -2.45. The third kappa shape index (κ3) is 4.76. The fourth-order valence-electron chi connectivity index (χ4n) is 4.88. The predicted molar refractivity (Wildman–Crippen MR) is 122 cm³/mol. The van der Waals surface area contributed by atoms with Crippen LogP contribution in [-0.2, 0) is 14.3 Å². The van der Waals surface area contributed by atoms with Crippen molar-refractivity contribution in [3.63, 3.8) is 0 Å². The van der Waals surface area contributed by atoms with Gasteiger partial charge in [-0.25, -0.2) is 0 Å². The molecule has 1 saturated carbocycles. The fourth-order valence-corrected chi connectivity index (χ4v) is 4.88. The summed E-state index contributed by atoms with van der Waals surface area (Å²) in [5.74, 6) is 1.61. The highest BCUT2D eigenvalue weighted by Crippen LogP contribution is 2.38. The lowest BCUT2D eigenvalue weighted by Gasteiger charge is -2.37. The Balaban J connectivity index is 1.24. The van der Waals surface area contributed by atoms with Crippen molar-refractivity contribution in [1.29, 1.82) is 0 Å². The van der Waals surface area contributed by atoms with Gasteiger partial charge in [-0.2, -0.15) is 0 Å². The number of anilines is 1. The molecule has 1 N–H and O–H groups in total. The van der Waals surface area contributed by atoms with E-state index in [0.717, 1.165) is 85.8 Å². The molecule has 33 heavy (non-hydrogen) atoms. The molecule has 2 aliphatic heterocycles. The highest BCUT2D eigenvalue weighted by molar-refractivity contribution is 5.95. The fraction of sp³-hybridized carbons (Fsp3) is 0.560. The number of aromatic nitrogens is 1. The average Bonchev–Trinajstić information content (AvgIpc) is 3.52. The molecule has 0 radical (unpaired) electrons. The highest BCUT2D eigenvalue weighted by atomic mass is 16.6. The number of aryl methyl sites for hydroxylation is 2. The first-order chi connectivity index (χ1) is 15.9. The number of carbonyl (C=O) groups excluding carboxylic acids is 2. The summed E-state index contributed by atoms with van der Waals surface area (Å²) in [5.41, 5.74) is 3.08. The summed E-state index contributed by atoms with van der Waals surface area (Å²) in [5, 5.41) is 7.11. The van der Waals surface area contributed by atoms with E-state index in [1.165, 1.54) is 0 Å². The molecule has 8 heteroatoms. The minimum atomic E-state index is -0.230. The SMILES string of the molecule is Cc1noc(C)c1-c1cc(NC(=O)C2CC2)ccc1OCCN1CCC2(CCC(=O)O2)CC1. The number of nitrogens with zero attached hydrogens (tertiary/aromatic N) is 2. The van der Waals surface area contributed by atoms with Gasteiger partial charge < -0.3 is 19.3 Å². The molecule has 1 amide bonds. The van der Waals surface area contributed by atoms with E-state index in [4.69, 9.17) is 14.0 Å². The Hall–Kier alpha value is -2.87. The molecule has 3 aliphatic rings. The van der Waals surface area contributed by atoms with Gasteiger partial charge in [-0.3, -0.25) is 14.5 Å². The van der Waals surface area contributed by atoms with E-state index in [0.29, 0.717) is 13.0 Å². The number of nitrogens with one attached hydrogen (secondary N) is 1. The van der Waals surface area contributed by atoms with Gasteiger partial charge in [0, 0.05) is 43.2 Å². The van der Waals surface area contributed by atoms with Crippen LogP contribution in [0.4, 0.5) is 5.69 Å². The number of esters is 1. The molecule has 2 saturated heterocycles. The smallest absolute Gasteiger partial charge is 0.306 e. The van der Waals surface area contributed by atoms with Crippen LogP contribution in [-0.4, -0.2) is 53.8 Å². The Morgan fingerprint density at radius 3 is 2.67 bits per heavy atom. The summed E-state index contributed by atoms with van der Waals surface area (Å²) < 4.78 is 17.2. The number of amides is 1. The number of rotatable bonds is 7. The van der Waals surface area contributed by atoms with E-state index >= 15 is 0 Å². The molecule has 3 fully saturated rings. The quantitative estimate of drug-likeness (QED) is 0.636. The summed E-state index contributed by atoms with van der Waals surface area (Å²) in [4.78, 5) is 26.1. The first kappa shape index (κ1) is 21.9. The molecule has 1 aliphatic carbocycles. The molecule has 1 aromatic heterocycles. The molecule has 3 heterocycles. The largest absolute Gasteiger partial charge is 0.492 e. The van der Waals surface area contributed by atoms with Crippen molar-refractivity contribution in [2.75, 3.05) is 31.6 Å². The molecule has 1 spiro atoms. The maximum absolute atomic E-state index is 12.2. The van der Waals surface area contributed by atoms with E-state index < -0.39 is 0 Å². The minimum Gasteiger partial charge on any atom is -0.492 e. The van der Waals surface area contributed by atoms with Crippen molar-refractivity contribution < 1.29 is 23.6 Å². The van der Waals surface area contributed by atoms with Crippen molar-refractivity contribution in [3.8, 4) is 16.9 Å². The zero-order chi connectivity index (χ0) is 23.0. The highest BCUT2D eigenvalue weighted by Gasteiger charge is 2.42. The molecule has 0 atom stereocenters. The Labute approximate surface area is 193 Å². The van der Waals surface area contributed by atoms with Gasteiger partial charge in [0.2, 0.25) is 5.91 Å². The van der Waals surface area contributed by atoms with Crippen LogP contribution in [0, 0.1) is 19.8 Å². The zero-order valence-electron chi connectivity index (χ0n) is 19.3. The number of piperidine rings is 1. The standard InChI is InChI=1S/C25H31N3O5/c1-16-23(17(2)33-27-16)20-15-19(26-24(30)18-3-4-18)5-6-21(20)31-14-13-28-11-9-25(10-12-28)8-7-22(29)32-25/h5-6,15,18H,3-4,7-14H2,1-2H3,(H,26,30). The van der Waals surface area contributed by atoms with Gasteiger partial charge in [-0.15, -0.1) is 0 Å². The first-order valence-corrected chi connectivity index (χ1v) is 11.9. The number of carbonyl (C=O) groups is 2. The van der Waals surface area contributed by atoms with Crippen molar-refractivity contribution in [1.82, 2.24) is 10.1 Å². The van der Waals surface area contributed by atoms with Crippen LogP contribution >= 0.6 is 0 Å². The lowest BCUT2D eigenvalue weighted by atomic mass is 9.89. The summed E-state index contributed by atoms with van der Waals surface area (Å²) in [7, 11) is 0. The van der Waals surface area contributed by atoms with Gasteiger partial charge in [-0.05, 0) is 64.2 Å². The van der Waals surface area contributed by atoms with E-state index in [1.807, 2.05) is 32.0 Å². The van der Waals surface area contributed by atoms with E-state index in [-0.39, 0.29) is 23.4 Å². The van der Waals surface area contributed by atoms with Crippen molar-refractivity contribution in [2.45, 2.75) is 58.0 Å². The van der Waals surface area contributed by atoms with Crippen molar-refractivity contribution in [2.24, 2.45) is 5.92 Å². The minimum absolute atomic E-state index is 0.0598. The van der Waals surface area contributed by atoms with Gasteiger partial charge in [0.05, 0.1) is 11.3 Å². The molecule has 5 rings (SSSR count). The lowest BCUT2D eigenvalue weighted by molar-refractivity contribution is -0.152. The molecular weight excluding hydrogens is 422 g/mol. The summed E-state index contributed by atoms with van der Waals surface area (Å²) in [6.45, 7) is 6.93.